The normalized spacial score (nSPS) is 36.3. The van der Waals surface area contributed by atoms with E-state index in [1.807, 2.05) is 0 Å². The third kappa shape index (κ3) is 2.88. The second kappa shape index (κ2) is 6.19. The molecule has 4 aliphatic carbocycles. The van der Waals surface area contributed by atoms with Crippen LogP contribution in [-0.4, -0.2) is 54.0 Å². The third-order valence-electron chi connectivity index (χ3n) is 7.20. The van der Waals surface area contributed by atoms with Crippen molar-refractivity contribution in [3.63, 3.8) is 0 Å². The molecule has 1 aromatic rings. The smallest absolute Gasteiger partial charge is 0.230 e. The number of anilines is 2. The van der Waals surface area contributed by atoms with Crippen molar-refractivity contribution < 1.29 is 4.79 Å². The number of aromatic nitrogens is 2. The highest BCUT2D eigenvalue weighted by Gasteiger charge is 2.54. The summed E-state index contributed by atoms with van der Waals surface area (Å²) >= 11 is 0. The van der Waals surface area contributed by atoms with E-state index in [9.17, 15) is 4.79 Å². The first-order valence-electron chi connectivity index (χ1n) is 10.2. The van der Waals surface area contributed by atoms with Crippen LogP contribution in [0.25, 0.3) is 0 Å². The Morgan fingerprint density at radius 3 is 2.08 bits per heavy atom. The van der Waals surface area contributed by atoms with Gasteiger partial charge in [-0.25, -0.2) is 9.97 Å². The van der Waals surface area contributed by atoms with Gasteiger partial charge in [0, 0.05) is 26.2 Å². The molecule has 1 amide bonds. The lowest BCUT2D eigenvalue weighted by Crippen LogP contribution is -2.51. The summed E-state index contributed by atoms with van der Waals surface area (Å²) in [6, 6.07) is 0. The Hall–Kier alpha value is -1.69. The molecular weight excluding hydrogens is 326 g/mol. The van der Waals surface area contributed by atoms with E-state index in [-0.39, 0.29) is 11.3 Å². The Morgan fingerprint density at radius 1 is 1.00 bits per heavy atom. The van der Waals surface area contributed by atoms with Gasteiger partial charge in [0.25, 0.3) is 0 Å². The maximum atomic E-state index is 13.1. The van der Waals surface area contributed by atoms with Crippen LogP contribution in [-0.2, 0) is 4.79 Å². The molecule has 5 aliphatic rings. The molecule has 5 fully saturated rings. The third-order valence-corrected chi connectivity index (χ3v) is 7.20. The molecule has 0 spiro atoms. The van der Waals surface area contributed by atoms with E-state index in [0.717, 1.165) is 74.8 Å². The molecule has 140 valence electrons. The number of carbonyl (C=O) groups is 1. The van der Waals surface area contributed by atoms with Gasteiger partial charge < -0.3 is 15.1 Å². The molecule has 0 atom stereocenters. The maximum absolute atomic E-state index is 13.1. The van der Waals surface area contributed by atoms with E-state index >= 15 is 0 Å². The van der Waals surface area contributed by atoms with Gasteiger partial charge in [-0.15, -0.1) is 0 Å². The van der Waals surface area contributed by atoms with Gasteiger partial charge in [0.15, 0.2) is 0 Å². The lowest BCUT2D eigenvalue weighted by atomic mass is 9.49. The summed E-state index contributed by atoms with van der Waals surface area (Å²) in [6.45, 7) is 3.98. The summed E-state index contributed by atoms with van der Waals surface area (Å²) in [5.74, 6) is 3.33. The van der Waals surface area contributed by atoms with E-state index in [1.54, 1.807) is 12.4 Å². The minimum absolute atomic E-state index is 0.120. The zero-order valence-corrected chi connectivity index (χ0v) is 15.7. The molecule has 1 aliphatic heterocycles. The summed E-state index contributed by atoms with van der Waals surface area (Å²) in [5.41, 5.74) is 0.619. The molecule has 4 saturated carbocycles. The molecule has 6 heteroatoms. The van der Waals surface area contributed by atoms with Crippen LogP contribution < -0.4 is 10.2 Å². The lowest BCUT2D eigenvalue weighted by molar-refractivity contribution is -0.140. The van der Waals surface area contributed by atoms with Crippen LogP contribution in [0.2, 0.25) is 0 Å². The van der Waals surface area contributed by atoms with Crippen molar-refractivity contribution >= 4 is 17.5 Å². The number of likely N-dealkylation sites (N-methyl/N-ethyl adjacent to an activating group) is 1. The van der Waals surface area contributed by atoms with Crippen molar-refractivity contribution in [2.45, 2.75) is 38.5 Å². The van der Waals surface area contributed by atoms with E-state index in [4.69, 9.17) is 0 Å². The van der Waals surface area contributed by atoms with E-state index in [1.165, 1.54) is 19.3 Å². The second-order valence-electron chi connectivity index (χ2n) is 9.21. The van der Waals surface area contributed by atoms with Crippen molar-refractivity contribution in [2.75, 3.05) is 43.4 Å². The number of hydrogen-bond acceptors (Lipinski definition) is 5. The Balaban J connectivity index is 1.26. The van der Waals surface area contributed by atoms with Crippen LogP contribution in [0.1, 0.15) is 38.5 Å². The Kier molecular flexibility index (Phi) is 3.92. The van der Waals surface area contributed by atoms with Gasteiger partial charge >= 0.3 is 0 Å². The molecule has 0 aromatic carbocycles. The van der Waals surface area contributed by atoms with Crippen LogP contribution in [0.5, 0.6) is 0 Å². The topological polar surface area (TPSA) is 61.4 Å². The first-order chi connectivity index (χ1) is 12.6. The van der Waals surface area contributed by atoms with E-state index < -0.39 is 0 Å². The average Bonchev–Trinajstić information content (AvgIpc) is 2.62. The van der Waals surface area contributed by atoms with Gasteiger partial charge in [-0.3, -0.25) is 4.79 Å². The fourth-order valence-corrected chi connectivity index (χ4v) is 6.21. The highest BCUT2D eigenvalue weighted by atomic mass is 16.2. The molecule has 6 nitrogen and oxygen atoms in total. The number of amides is 1. The Morgan fingerprint density at radius 2 is 1.54 bits per heavy atom. The summed E-state index contributed by atoms with van der Waals surface area (Å²) in [7, 11) is 2.14. The van der Waals surface area contributed by atoms with Crippen LogP contribution >= 0.6 is 0 Å². The van der Waals surface area contributed by atoms with E-state index in [2.05, 4.69) is 32.1 Å². The molecule has 1 saturated heterocycles. The number of rotatable bonds is 3. The van der Waals surface area contributed by atoms with Gasteiger partial charge in [-0.05, 0) is 63.3 Å². The van der Waals surface area contributed by atoms with Gasteiger partial charge in [-0.1, -0.05) is 0 Å². The zero-order valence-electron chi connectivity index (χ0n) is 15.7. The summed E-state index contributed by atoms with van der Waals surface area (Å²) in [6.07, 6.45) is 10.9. The summed E-state index contributed by atoms with van der Waals surface area (Å²) < 4.78 is 0. The van der Waals surface area contributed by atoms with Crippen molar-refractivity contribution in [1.82, 2.24) is 14.9 Å². The largest absolute Gasteiger partial charge is 0.338 e. The fraction of sp³-hybridized carbons (Fsp3) is 0.750. The number of hydrogen-bond donors (Lipinski definition) is 1. The van der Waals surface area contributed by atoms with Gasteiger partial charge in [0.05, 0.1) is 23.5 Å². The predicted molar refractivity (Wildman–Crippen MR) is 101 cm³/mol. The highest BCUT2D eigenvalue weighted by Crippen LogP contribution is 2.60. The molecule has 0 unspecified atom stereocenters. The molecule has 1 aromatic heterocycles. The van der Waals surface area contributed by atoms with Crippen molar-refractivity contribution in [3.05, 3.63) is 12.4 Å². The maximum Gasteiger partial charge on any atom is 0.230 e. The van der Waals surface area contributed by atoms with Crippen LogP contribution in [0.4, 0.5) is 11.6 Å². The first-order valence-corrected chi connectivity index (χ1v) is 10.2. The molecule has 0 radical (unpaired) electrons. The van der Waals surface area contributed by atoms with Crippen molar-refractivity contribution in [1.29, 1.82) is 0 Å². The molecule has 6 rings (SSSR count). The number of piperazine rings is 1. The predicted octanol–water partition coefficient (Wildman–Crippen LogP) is 2.38. The lowest BCUT2D eigenvalue weighted by Gasteiger charge is -2.55. The molecule has 4 bridgehead atoms. The van der Waals surface area contributed by atoms with Gasteiger partial charge in [-0.2, -0.15) is 0 Å². The van der Waals surface area contributed by atoms with Crippen LogP contribution in [0, 0.1) is 23.2 Å². The number of nitrogens with one attached hydrogen (secondary N) is 1. The van der Waals surface area contributed by atoms with Crippen molar-refractivity contribution in [3.8, 4) is 0 Å². The first kappa shape index (κ1) is 16.5. The zero-order chi connectivity index (χ0) is 17.7. The van der Waals surface area contributed by atoms with Crippen molar-refractivity contribution in [2.24, 2.45) is 23.2 Å². The molecule has 2 heterocycles. The number of nitrogens with zero attached hydrogens (tertiary/aromatic N) is 4. The summed E-state index contributed by atoms with van der Waals surface area (Å²) in [4.78, 5) is 26.7. The Bertz CT molecular complexity index is 645. The molecule has 26 heavy (non-hydrogen) atoms. The fourth-order valence-electron chi connectivity index (χ4n) is 6.21. The Labute approximate surface area is 155 Å². The molecule has 1 N–H and O–H groups in total. The van der Waals surface area contributed by atoms with Gasteiger partial charge in [0.2, 0.25) is 11.9 Å². The minimum Gasteiger partial charge on any atom is -0.338 e. The van der Waals surface area contributed by atoms with Crippen LogP contribution in [0.15, 0.2) is 12.4 Å². The summed E-state index contributed by atoms with van der Waals surface area (Å²) in [5, 5.41) is 3.15. The van der Waals surface area contributed by atoms with Crippen LogP contribution in [0.3, 0.4) is 0 Å². The minimum atomic E-state index is -0.120. The average molecular weight is 355 g/mol. The quantitative estimate of drug-likeness (QED) is 0.902. The van der Waals surface area contributed by atoms with Gasteiger partial charge in [0.1, 0.15) is 0 Å². The van der Waals surface area contributed by atoms with E-state index in [0.29, 0.717) is 0 Å². The molecular formula is C20H29N5O. The second-order valence-corrected chi connectivity index (χ2v) is 9.21. The number of carbonyl (C=O) groups excluding carboxylic acids is 1. The standard InChI is InChI=1S/C20H29N5O/c1-24-2-4-25(5-3-24)19-21-12-17(13-22-19)23-18(26)20-9-14-6-15(10-20)8-16(7-14)11-20/h12-16H,2-11H2,1H3,(H,23,26). The highest BCUT2D eigenvalue weighted by molar-refractivity contribution is 5.95. The monoisotopic (exact) mass is 355 g/mol. The SMILES string of the molecule is CN1CCN(c2ncc(NC(=O)C34CC5CC(CC(C5)C3)C4)cn2)CC1.